The summed E-state index contributed by atoms with van der Waals surface area (Å²) in [7, 11) is 0. The van der Waals surface area contributed by atoms with Crippen molar-refractivity contribution >= 4 is 28.9 Å². The predicted octanol–water partition coefficient (Wildman–Crippen LogP) is 4.93. The molecule has 0 aliphatic carbocycles. The molecule has 1 atom stereocenters. The molecule has 31 heavy (non-hydrogen) atoms. The van der Waals surface area contributed by atoms with Crippen LogP contribution in [0.3, 0.4) is 0 Å². The summed E-state index contributed by atoms with van der Waals surface area (Å²) in [6.45, 7) is 4.25. The van der Waals surface area contributed by atoms with E-state index in [4.69, 9.17) is 14.5 Å². The molecule has 1 aromatic heterocycles. The van der Waals surface area contributed by atoms with Crippen molar-refractivity contribution < 1.29 is 19.1 Å². The zero-order valence-corrected chi connectivity index (χ0v) is 18.4. The van der Waals surface area contributed by atoms with Crippen LogP contribution in [-0.2, 0) is 14.3 Å². The van der Waals surface area contributed by atoms with E-state index in [1.54, 1.807) is 23.2 Å². The van der Waals surface area contributed by atoms with E-state index in [9.17, 15) is 9.59 Å². The van der Waals surface area contributed by atoms with Crippen LogP contribution in [0, 0.1) is 0 Å². The van der Waals surface area contributed by atoms with Gasteiger partial charge in [-0.1, -0.05) is 37.3 Å². The van der Waals surface area contributed by atoms with Crippen molar-refractivity contribution in [3.8, 4) is 27.6 Å². The van der Waals surface area contributed by atoms with Crippen LogP contribution in [0.5, 0.6) is 5.75 Å². The smallest absolute Gasteiger partial charge is 0.307 e. The fraction of sp³-hybridized carbons (Fsp3) is 0.292. The normalized spacial score (nSPS) is 15.4. The number of ether oxygens (including phenoxy) is 2. The molecule has 0 fully saturated rings. The van der Waals surface area contributed by atoms with Gasteiger partial charge in [0.2, 0.25) is 0 Å². The maximum absolute atomic E-state index is 13.0. The van der Waals surface area contributed by atoms with Gasteiger partial charge in [-0.25, -0.2) is 4.98 Å². The van der Waals surface area contributed by atoms with Crippen molar-refractivity contribution in [2.75, 3.05) is 18.1 Å². The summed E-state index contributed by atoms with van der Waals surface area (Å²) in [4.78, 5) is 31.3. The van der Waals surface area contributed by atoms with Crippen LogP contribution in [0.2, 0.25) is 0 Å². The van der Waals surface area contributed by atoms with Gasteiger partial charge in [-0.3, -0.25) is 9.59 Å². The number of thiazole rings is 1. The second-order valence-corrected chi connectivity index (χ2v) is 8.00. The number of carbonyl (C=O) groups is 2. The lowest BCUT2D eigenvalue weighted by molar-refractivity contribution is -0.142. The first kappa shape index (κ1) is 21.1. The first-order valence-electron chi connectivity index (χ1n) is 10.4. The van der Waals surface area contributed by atoms with Crippen molar-refractivity contribution in [1.29, 1.82) is 0 Å². The molecular formula is C24H24N2O4S. The summed E-state index contributed by atoms with van der Waals surface area (Å²) in [5, 5.41) is 2.94. The quantitative estimate of drug-likeness (QED) is 0.491. The standard InChI is InChI=1S/C24H24N2O4S/c1-3-20-24(28)26(13-12-22(27)29-4-2)19-14-17(10-11-21(19)30-20)18-15-31-23(25-18)16-8-6-5-7-9-16/h5-11,14-15,20H,3-4,12-13H2,1-2H3. The summed E-state index contributed by atoms with van der Waals surface area (Å²) >= 11 is 1.58. The zero-order chi connectivity index (χ0) is 21.8. The lowest BCUT2D eigenvalue weighted by atomic mass is 10.1. The fourth-order valence-electron chi connectivity index (χ4n) is 3.53. The van der Waals surface area contributed by atoms with E-state index < -0.39 is 6.10 Å². The number of benzene rings is 2. The summed E-state index contributed by atoms with van der Waals surface area (Å²) in [6, 6.07) is 15.8. The van der Waals surface area contributed by atoms with Crippen LogP contribution in [0.1, 0.15) is 26.7 Å². The van der Waals surface area contributed by atoms with Crippen LogP contribution in [0.15, 0.2) is 53.9 Å². The van der Waals surface area contributed by atoms with Gasteiger partial charge in [-0.15, -0.1) is 11.3 Å². The summed E-state index contributed by atoms with van der Waals surface area (Å²) in [5.74, 6) is 0.178. The van der Waals surface area contributed by atoms with Crippen LogP contribution >= 0.6 is 11.3 Å². The number of hydrogen-bond donors (Lipinski definition) is 0. The van der Waals surface area contributed by atoms with E-state index in [1.165, 1.54) is 0 Å². The molecule has 2 aromatic carbocycles. The Hall–Kier alpha value is -3.19. The van der Waals surface area contributed by atoms with Gasteiger partial charge >= 0.3 is 5.97 Å². The Balaban J connectivity index is 1.64. The molecule has 3 aromatic rings. The second-order valence-electron chi connectivity index (χ2n) is 7.15. The Labute approximate surface area is 185 Å². The highest BCUT2D eigenvalue weighted by molar-refractivity contribution is 7.13. The molecule has 1 aliphatic rings. The van der Waals surface area contributed by atoms with Crippen LogP contribution in [-0.4, -0.2) is 36.1 Å². The number of aromatic nitrogens is 1. The average Bonchev–Trinajstić information content (AvgIpc) is 3.29. The maximum atomic E-state index is 13.0. The molecule has 0 saturated carbocycles. The molecule has 4 rings (SSSR count). The summed E-state index contributed by atoms with van der Waals surface area (Å²) in [6.07, 6.45) is 0.140. The third-order valence-electron chi connectivity index (χ3n) is 5.10. The fourth-order valence-corrected chi connectivity index (χ4v) is 4.36. The molecule has 2 heterocycles. The van der Waals surface area contributed by atoms with E-state index in [0.29, 0.717) is 24.5 Å². The lowest BCUT2D eigenvalue weighted by Crippen LogP contribution is -2.46. The number of esters is 1. The van der Waals surface area contributed by atoms with Gasteiger partial charge in [-0.2, -0.15) is 0 Å². The Kier molecular flexibility index (Phi) is 6.32. The van der Waals surface area contributed by atoms with Crippen molar-refractivity contribution in [3.05, 3.63) is 53.9 Å². The number of rotatable bonds is 7. The first-order valence-corrected chi connectivity index (χ1v) is 11.3. The molecule has 1 amide bonds. The molecule has 0 spiro atoms. The van der Waals surface area contributed by atoms with Crippen LogP contribution in [0.4, 0.5) is 5.69 Å². The highest BCUT2D eigenvalue weighted by atomic mass is 32.1. The lowest BCUT2D eigenvalue weighted by Gasteiger charge is -2.34. The Morgan fingerprint density at radius 3 is 2.71 bits per heavy atom. The SMILES string of the molecule is CCOC(=O)CCN1C(=O)C(CC)Oc2ccc(-c3csc(-c4ccccc4)n3)cc21. The first-order chi connectivity index (χ1) is 15.1. The molecule has 7 heteroatoms. The molecule has 0 radical (unpaired) electrons. The minimum atomic E-state index is -0.551. The Morgan fingerprint density at radius 1 is 1.16 bits per heavy atom. The van der Waals surface area contributed by atoms with E-state index in [-0.39, 0.29) is 24.8 Å². The van der Waals surface area contributed by atoms with Crippen LogP contribution in [0.25, 0.3) is 21.8 Å². The molecule has 0 saturated heterocycles. The number of carbonyl (C=O) groups excluding carboxylic acids is 2. The number of nitrogens with zero attached hydrogens (tertiary/aromatic N) is 2. The molecule has 160 valence electrons. The van der Waals surface area contributed by atoms with Gasteiger partial charge in [0.25, 0.3) is 5.91 Å². The molecule has 1 unspecified atom stereocenters. The highest BCUT2D eigenvalue weighted by Gasteiger charge is 2.33. The molecule has 1 aliphatic heterocycles. The highest BCUT2D eigenvalue weighted by Crippen LogP contribution is 2.39. The predicted molar refractivity (Wildman–Crippen MR) is 121 cm³/mol. The second kappa shape index (κ2) is 9.31. The topological polar surface area (TPSA) is 68.7 Å². The van der Waals surface area contributed by atoms with E-state index in [0.717, 1.165) is 21.8 Å². The van der Waals surface area contributed by atoms with E-state index in [2.05, 4.69) is 0 Å². The molecule has 0 bridgehead atoms. The molecule has 6 nitrogen and oxygen atoms in total. The Morgan fingerprint density at radius 2 is 1.97 bits per heavy atom. The third kappa shape index (κ3) is 4.46. The minimum Gasteiger partial charge on any atom is -0.478 e. The van der Waals surface area contributed by atoms with Gasteiger partial charge < -0.3 is 14.4 Å². The van der Waals surface area contributed by atoms with Crippen LogP contribution < -0.4 is 9.64 Å². The van der Waals surface area contributed by atoms with Gasteiger partial charge in [0.15, 0.2) is 6.10 Å². The average molecular weight is 437 g/mol. The van der Waals surface area contributed by atoms with Gasteiger partial charge in [0, 0.05) is 23.1 Å². The van der Waals surface area contributed by atoms with Crippen molar-refractivity contribution in [1.82, 2.24) is 4.98 Å². The number of hydrogen-bond acceptors (Lipinski definition) is 6. The van der Waals surface area contributed by atoms with Crippen molar-refractivity contribution in [2.45, 2.75) is 32.8 Å². The molecular weight excluding hydrogens is 412 g/mol. The van der Waals surface area contributed by atoms with Crippen molar-refractivity contribution in [2.24, 2.45) is 0 Å². The van der Waals surface area contributed by atoms with E-state index >= 15 is 0 Å². The Bertz CT molecular complexity index is 1080. The number of anilines is 1. The van der Waals surface area contributed by atoms with Crippen molar-refractivity contribution in [3.63, 3.8) is 0 Å². The summed E-state index contributed by atoms with van der Waals surface area (Å²) < 4.78 is 10.9. The zero-order valence-electron chi connectivity index (χ0n) is 17.5. The maximum Gasteiger partial charge on any atom is 0.307 e. The van der Waals surface area contributed by atoms with E-state index in [1.807, 2.05) is 60.8 Å². The largest absolute Gasteiger partial charge is 0.478 e. The minimum absolute atomic E-state index is 0.133. The van der Waals surface area contributed by atoms with Gasteiger partial charge in [-0.05, 0) is 31.5 Å². The third-order valence-corrected chi connectivity index (χ3v) is 5.99. The summed E-state index contributed by atoms with van der Waals surface area (Å²) in [5.41, 5.74) is 3.45. The molecule has 0 N–H and O–H groups in total. The van der Waals surface area contributed by atoms with Gasteiger partial charge in [0.05, 0.1) is 24.4 Å². The van der Waals surface area contributed by atoms with Gasteiger partial charge in [0.1, 0.15) is 10.8 Å². The number of fused-ring (bicyclic) bond motifs is 1. The monoisotopic (exact) mass is 436 g/mol. The number of amides is 1.